The maximum Gasteiger partial charge on any atom is 0.247 e. The summed E-state index contributed by atoms with van der Waals surface area (Å²) in [5.41, 5.74) is 1.54. The minimum atomic E-state index is -0.659. The first-order valence-corrected chi connectivity index (χ1v) is 11.0. The molecular formula is C26H28N2O4. The van der Waals surface area contributed by atoms with E-state index in [1.54, 1.807) is 18.2 Å². The van der Waals surface area contributed by atoms with Gasteiger partial charge in [-0.05, 0) is 34.4 Å². The fourth-order valence-electron chi connectivity index (χ4n) is 3.84. The molecule has 1 atom stereocenters. The molecule has 0 bridgehead atoms. The van der Waals surface area contributed by atoms with E-state index < -0.39 is 6.04 Å². The van der Waals surface area contributed by atoms with Crippen LogP contribution in [-0.4, -0.2) is 31.1 Å². The van der Waals surface area contributed by atoms with Crippen LogP contribution in [-0.2, 0) is 16.0 Å². The molecule has 0 saturated heterocycles. The fourth-order valence-corrected chi connectivity index (χ4v) is 3.84. The molecule has 0 aliphatic carbocycles. The number of carbonyl (C=O) groups is 2. The molecule has 0 fully saturated rings. The Labute approximate surface area is 187 Å². The minimum Gasteiger partial charge on any atom is -0.490 e. The highest BCUT2D eigenvalue weighted by atomic mass is 16.5. The lowest BCUT2D eigenvalue weighted by molar-refractivity contribution is -0.127. The Balaban J connectivity index is 1.44. The topological polar surface area (TPSA) is 76.7 Å². The third-order valence-corrected chi connectivity index (χ3v) is 5.51. The Bertz CT molecular complexity index is 1120. The Morgan fingerprint density at radius 2 is 1.69 bits per heavy atom. The quantitative estimate of drug-likeness (QED) is 0.608. The van der Waals surface area contributed by atoms with Crippen LogP contribution < -0.4 is 20.1 Å². The summed E-state index contributed by atoms with van der Waals surface area (Å²) in [6, 6.07) is 18.6. The van der Waals surface area contributed by atoms with Crippen LogP contribution in [0.25, 0.3) is 10.8 Å². The zero-order valence-corrected chi connectivity index (χ0v) is 18.4. The summed E-state index contributed by atoms with van der Waals surface area (Å²) in [6.07, 6.45) is 1.02. The highest BCUT2D eigenvalue weighted by molar-refractivity contribution is 5.98. The van der Waals surface area contributed by atoms with E-state index >= 15 is 0 Å². The van der Waals surface area contributed by atoms with Crippen LogP contribution in [0.3, 0.4) is 0 Å². The minimum absolute atomic E-state index is 0.0770. The van der Waals surface area contributed by atoms with Crippen LogP contribution in [0.5, 0.6) is 11.5 Å². The van der Waals surface area contributed by atoms with Gasteiger partial charge in [0.2, 0.25) is 11.8 Å². The standard InChI is InChI=1S/C26H28N2O4/c1-17(2)25(26(30)27-20-11-12-22-23(16-20)32-14-6-13-31-22)28-24(29)15-19-9-5-8-18-7-3-4-10-21(18)19/h3-5,7-12,16-17,25H,6,13-15H2,1-2H3,(H,27,30)(H,28,29). The Hall–Kier alpha value is -3.54. The van der Waals surface area contributed by atoms with Crippen LogP contribution >= 0.6 is 0 Å². The number of hydrogen-bond donors (Lipinski definition) is 2. The normalized spacial score (nSPS) is 14.0. The van der Waals surface area contributed by atoms with Crippen molar-refractivity contribution >= 4 is 28.3 Å². The number of benzene rings is 3. The molecule has 32 heavy (non-hydrogen) atoms. The van der Waals surface area contributed by atoms with Gasteiger partial charge in [0.15, 0.2) is 11.5 Å². The van der Waals surface area contributed by atoms with E-state index in [1.165, 1.54) is 0 Å². The molecule has 1 aliphatic heterocycles. The van der Waals surface area contributed by atoms with Crippen molar-refractivity contribution in [2.24, 2.45) is 5.92 Å². The molecule has 3 aromatic carbocycles. The van der Waals surface area contributed by atoms with Crippen LogP contribution in [0.4, 0.5) is 5.69 Å². The molecular weight excluding hydrogens is 404 g/mol. The van der Waals surface area contributed by atoms with Crippen LogP contribution in [0.1, 0.15) is 25.8 Å². The zero-order valence-electron chi connectivity index (χ0n) is 18.4. The highest BCUT2D eigenvalue weighted by Gasteiger charge is 2.25. The Kier molecular flexibility index (Phi) is 6.59. The molecule has 4 rings (SSSR count). The summed E-state index contributed by atoms with van der Waals surface area (Å²) in [4.78, 5) is 25.8. The number of nitrogens with one attached hydrogen (secondary N) is 2. The first kappa shape index (κ1) is 21.7. The van der Waals surface area contributed by atoms with Gasteiger partial charge in [-0.1, -0.05) is 56.3 Å². The van der Waals surface area contributed by atoms with E-state index in [1.807, 2.05) is 56.3 Å². The second-order valence-electron chi connectivity index (χ2n) is 8.31. The lowest BCUT2D eigenvalue weighted by atomic mass is 10.00. The first-order chi connectivity index (χ1) is 15.5. The van der Waals surface area contributed by atoms with Gasteiger partial charge in [-0.2, -0.15) is 0 Å². The number of rotatable bonds is 6. The van der Waals surface area contributed by atoms with Gasteiger partial charge < -0.3 is 20.1 Å². The monoisotopic (exact) mass is 432 g/mol. The van der Waals surface area contributed by atoms with Gasteiger partial charge >= 0.3 is 0 Å². The maximum atomic E-state index is 13.0. The van der Waals surface area contributed by atoms with Crippen molar-refractivity contribution in [2.75, 3.05) is 18.5 Å². The second kappa shape index (κ2) is 9.73. The van der Waals surface area contributed by atoms with Crippen molar-refractivity contribution in [2.45, 2.75) is 32.7 Å². The molecule has 1 heterocycles. The molecule has 0 aromatic heterocycles. The third-order valence-electron chi connectivity index (χ3n) is 5.51. The molecule has 6 nitrogen and oxygen atoms in total. The van der Waals surface area contributed by atoms with Crippen molar-refractivity contribution in [3.63, 3.8) is 0 Å². The summed E-state index contributed by atoms with van der Waals surface area (Å²) in [5.74, 6) is 0.757. The van der Waals surface area contributed by atoms with E-state index in [-0.39, 0.29) is 24.2 Å². The van der Waals surface area contributed by atoms with E-state index in [0.29, 0.717) is 30.4 Å². The number of hydrogen-bond acceptors (Lipinski definition) is 4. The molecule has 2 N–H and O–H groups in total. The maximum absolute atomic E-state index is 13.0. The third kappa shape index (κ3) is 5.02. The summed E-state index contributed by atoms with van der Waals surface area (Å²) in [6.45, 7) is 5.01. The van der Waals surface area contributed by atoms with Gasteiger partial charge in [-0.15, -0.1) is 0 Å². The molecule has 0 saturated carbocycles. The fraction of sp³-hybridized carbons (Fsp3) is 0.308. The van der Waals surface area contributed by atoms with Crippen molar-refractivity contribution in [1.29, 1.82) is 0 Å². The van der Waals surface area contributed by atoms with Gasteiger partial charge in [0.1, 0.15) is 6.04 Å². The van der Waals surface area contributed by atoms with E-state index in [4.69, 9.17) is 9.47 Å². The lowest BCUT2D eigenvalue weighted by Gasteiger charge is -2.22. The van der Waals surface area contributed by atoms with E-state index in [2.05, 4.69) is 10.6 Å². The largest absolute Gasteiger partial charge is 0.490 e. The van der Waals surface area contributed by atoms with E-state index in [0.717, 1.165) is 22.8 Å². The first-order valence-electron chi connectivity index (χ1n) is 11.0. The molecule has 1 aliphatic rings. The smallest absolute Gasteiger partial charge is 0.247 e. The van der Waals surface area contributed by atoms with Gasteiger partial charge in [0.05, 0.1) is 19.6 Å². The van der Waals surface area contributed by atoms with Crippen LogP contribution in [0.2, 0.25) is 0 Å². The molecule has 0 radical (unpaired) electrons. The van der Waals surface area contributed by atoms with Crippen molar-refractivity contribution < 1.29 is 19.1 Å². The van der Waals surface area contributed by atoms with Gasteiger partial charge in [-0.3, -0.25) is 9.59 Å². The molecule has 1 unspecified atom stereocenters. The van der Waals surface area contributed by atoms with Gasteiger partial charge in [-0.25, -0.2) is 0 Å². The summed E-state index contributed by atoms with van der Waals surface area (Å²) >= 11 is 0. The lowest BCUT2D eigenvalue weighted by Crippen LogP contribution is -2.47. The molecule has 166 valence electrons. The van der Waals surface area contributed by atoms with Gasteiger partial charge in [0.25, 0.3) is 0 Å². The average molecular weight is 433 g/mol. The number of carbonyl (C=O) groups excluding carboxylic acids is 2. The Morgan fingerprint density at radius 1 is 0.938 bits per heavy atom. The number of ether oxygens (including phenoxy) is 2. The van der Waals surface area contributed by atoms with Crippen LogP contribution in [0, 0.1) is 5.92 Å². The van der Waals surface area contributed by atoms with E-state index in [9.17, 15) is 9.59 Å². The molecule has 6 heteroatoms. The Morgan fingerprint density at radius 3 is 2.50 bits per heavy atom. The molecule has 2 amide bonds. The SMILES string of the molecule is CC(C)C(NC(=O)Cc1cccc2ccccc12)C(=O)Nc1ccc2c(c1)OCCCO2. The highest BCUT2D eigenvalue weighted by Crippen LogP contribution is 2.32. The van der Waals surface area contributed by atoms with Crippen molar-refractivity contribution in [3.05, 3.63) is 66.2 Å². The summed E-state index contributed by atoms with van der Waals surface area (Å²) < 4.78 is 11.3. The summed E-state index contributed by atoms with van der Waals surface area (Å²) in [7, 11) is 0. The second-order valence-corrected chi connectivity index (χ2v) is 8.31. The molecule has 0 spiro atoms. The predicted octanol–water partition coefficient (Wildman–Crippen LogP) is 4.32. The zero-order chi connectivity index (χ0) is 22.5. The summed E-state index contributed by atoms with van der Waals surface area (Å²) in [5, 5.41) is 7.95. The van der Waals surface area contributed by atoms with Crippen LogP contribution in [0.15, 0.2) is 60.7 Å². The number of fused-ring (bicyclic) bond motifs is 2. The van der Waals surface area contributed by atoms with Crippen molar-refractivity contribution in [1.82, 2.24) is 5.32 Å². The molecule has 3 aromatic rings. The number of anilines is 1. The van der Waals surface area contributed by atoms with Gasteiger partial charge in [0, 0.05) is 18.2 Å². The average Bonchev–Trinajstić information content (AvgIpc) is 3.02. The van der Waals surface area contributed by atoms with Crippen molar-refractivity contribution in [3.8, 4) is 11.5 Å². The predicted molar refractivity (Wildman–Crippen MR) is 125 cm³/mol. The number of amides is 2.